The number of hydrogen-bond donors (Lipinski definition) is 0. The van der Waals surface area contributed by atoms with E-state index in [1.165, 1.54) is 0 Å². The number of carbonyl (C=O) groups excluding carboxylic acids is 2. The quantitative estimate of drug-likeness (QED) is 0.654. The Morgan fingerprint density at radius 1 is 0.905 bits per heavy atom. The Kier molecular flexibility index (Phi) is 7.94. The second-order valence-electron chi connectivity index (χ2n) is 4.47. The molecule has 0 spiro atoms. The van der Waals surface area contributed by atoms with E-state index >= 15 is 0 Å². The summed E-state index contributed by atoms with van der Waals surface area (Å²) in [5.74, 6) is -0.416. The summed E-state index contributed by atoms with van der Waals surface area (Å²) in [5.41, 5.74) is 1.01. The molecule has 5 heteroatoms. The van der Waals surface area contributed by atoms with Crippen LogP contribution in [-0.4, -0.2) is 38.2 Å². The van der Waals surface area contributed by atoms with Crippen molar-refractivity contribution in [3.63, 3.8) is 0 Å². The molecule has 0 N–H and O–H groups in total. The topological polar surface area (TPSA) is 55.8 Å². The maximum absolute atomic E-state index is 11.2. The first-order valence-electron chi connectivity index (χ1n) is 7.28. The van der Waals surface area contributed by atoms with E-state index in [1.54, 1.807) is 13.8 Å². The molecule has 21 heavy (non-hydrogen) atoms. The lowest BCUT2D eigenvalue weighted by atomic mass is 10.3. The maximum atomic E-state index is 11.2. The number of anilines is 1. The molecule has 0 bridgehead atoms. The third-order valence-electron chi connectivity index (χ3n) is 2.95. The monoisotopic (exact) mass is 293 g/mol. The minimum atomic E-state index is -0.208. The smallest absolute Gasteiger partial charge is 0.305 e. The molecule has 0 saturated heterocycles. The molecule has 0 fully saturated rings. The molecule has 0 aliphatic rings. The van der Waals surface area contributed by atoms with Crippen molar-refractivity contribution >= 4 is 17.6 Å². The molecule has 5 nitrogen and oxygen atoms in total. The maximum Gasteiger partial charge on any atom is 0.305 e. The van der Waals surface area contributed by atoms with Gasteiger partial charge in [0, 0.05) is 18.5 Å². The highest BCUT2D eigenvalue weighted by atomic mass is 16.5. The second-order valence-corrected chi connectivity index (χ2v) is 4.47. The number of para-hydroxylation sites is 1. The van der Waals surface area contributed by atoms with E-state index in [0.29, 0.717) is 39.1 Å². The Bertz CT molecular complexity index is 411. The standard InChI is InChI=1S/C16H23NO4/c1-3-15(18)20-12-10-17(11-13-21-16(19)4-2)14-8-6-5-7-9-14/h5-9H,3-4,10-13H2,1-2H3. The molecule has 0 unspecified atom stereocenters. The van der Waals surface area contributed by atoms with Gasteiger partial charge in [-0.15, -0.1) is 0 Å². The summed E-state index contributed by atoms with van der Waals surface area (Å²) < 4.78 is 10.2. The number of ether oxygens (including phenoxy) is 2. The van der Waals surface area contributed by atoms with E-state index in [1.807, 2.05) is 35.2 Å². The fourth-order valence-electron chi connectivity index (χ4n) is 1.75. The predicted molar refractivity (Wildman–Crippen MR) is 81.2 cm³/mol. The van der Waals surface area contributed by atoms with Gasteiger partial charge in [-0.3, -0.25) is 9.59 Å². The third kappa shape index (κ3) is 6.79. The largest absolute Gasteiger partial charge is 0.464 e. The van der Waals surface area contributed by atoms with Gasteiger partial charge in [-0.25, -0.2) is 0 Å². The van der Waals surface area contributed by atoms with E-state index in [4.69, 9.17) is 9.47 Å². The summed E-state index contributed by atoms with van der Waals surface area (Å²) in [5, 5.41) is 0. The highest BCUT2D eigenvalue weighted by molar-refractivity contribution is 5.69. The molecule has 0 heterocycles. The molecule has 0 radical (unpaired) electrons. The lowest BCUT2D eigenvalue weighted by Gasteiger charge is -2.24. The van der Waals surface area contributed by atoms with Gasteiger partial charge in [0.15, 0.2) is 0 Å². The number of benzene rings is 1. The molecule has 0 saturated carbocycles. The summed E-state index contributed by atoms with van der Waals surface area (Å²) in [7, 11) is 0. The van der Waals surface area contributed by atoms with E-state index < -0.39 is 0 Å². The summed E-state index contributed by atoms with van der Waals surface area (Å²) in [4.78, 5) is 24.4. The number of rotatable bonds is 9. The van der Waals surface area contributed by atoms with E-state index in [9.17, 15) is 9.59 Å². The van der Waals surface area contributed by atoms with Crippen molar-refractivity contribution in [3.05, 3.63) is 30.3 Å². The SMILES string of the molecule is CCC(=O)OCCN(CCOC(=O)CC)c1ccccc1. The van der Waals surface area contributed by atoms with Crippen LogP contribution in [0.3, 0.4) is 0 Å². The first kappa shape index (κ1) is 17.0. The summed E-state index contributed by atoms with van der Waals surface area (Å²) in [6, 6.07) is 9.78. The Hall–Kier alpha value is -2.04. The molecule has 1 aromatic rings. The van der Waals surface area contributed by atoms with Crippen LogP contribution in [0.25, 0.3) is 0 Å². The van der Waals surface area contributed by atoms with Crippen molar-refractivity contribution in [3.8, 4) is 0 Å². The average Bonchev–Trinajstić information content (AvgIpc) is 2.53. The molecular weight excluding hydrogens is 270 g/mol. The second kappa shape index (κ2) is 9.80. The number of carbonyl (C=O) groups is 2. The van der Waals surface area contributed by atoms with Crippen molar-refractivity contribution in [1.82, 2.24) is 0 Å². The Morgan fingerprint density at radius 2 is 1.38 bits per heavy atom. The minimum absolute atomic E-state index is 0.208. The van der Waals surface area contributed by atoms with Gasteiger partial charge >= 0.3 is 11.9 Å². The first-order valence-corrected chi connectivity index (χ1v) is 7.28. The normalized spacial score (nSPS) is 10.0. The van der Waals surface area contributed by atoms with Crippen molar-refractivity contribution in [2.45, 2.75) is 26.7 Å². The number of nitrogens with zero attached hydrogens (tertiary/aromatic N) is 1. The van der Waals surface area contributed by atoms with Crippen LogP contribution in [-0.2, 0) is 19.1 Å². The average molecular weight is 293 g/mol. The van der Waals surface area contributed by atoms with Gasteiger partial charge < -0.3 is 14.4 Å². The zero-order valence-corrected chi connectivity index (χ0v) is 12.7. The van der Waals surface area contributed by atoms with Crippen LogP contribution >= 0.6 is 0 Å². The van der Waals surface area contributed by atoms with Crippen LogP contribution in [0.5, 0.6) is 0 Å². The molecule has 1 rings (SSSR count). The molecule has 0 aliphatic heterocycles. The third-order valence-corrected chi connectivity index (χ3v) is 2.95. The van der Waals surface area contributed by atoms with Crippen molar-refractivity contribution in [1.29, 1.82) is 0 Å². The molecule has 1 aromatic carbocycles. The predicted octanol–water partition coefficient (Wildman–Crippen LogP) is 2.40. The Balaban J connectivity index is 2.50. The van der Waals surface area contributed by atoms with Gasteiger partial charge in [0.05, 0.1) is 13.1 Å². The summed E-state index contributed by atoms with van der Waals surface area (Å²) in [6.07, 6.45) is 0.749. The highest BCUT2D eigenvalue weighted by Gasteiger charge is 2.08. The van der Waals surface area contributed by atoms with Crippen molar-refractivity contribution < 1.29 is 19.1 Å². The number of hydrogen-bond acceptors (Lipinski definition) is 5. The van der Waals surface area contributed by atoms with Gasteiger partial charge in [-0.2, -0.15) is 0 Å². The Labute approximate surface area is 125 Å². The summed E-state index contributed by atoms with van der Waals surface area (Å²) >= 11 is 0. The van der Waals surface area contributed by atoms with Crippen LogP contribution in [0.2, 0.25) is 0 Å². The zero-order valence-electron chi connectivity index (χ0n) is 12.7. The van der Waals surface area contributed by atoms with Crippen molar-refractivity contribution in [2.24, 2.45) is 0 Å². The van der Waals surface area contributed by atoms with Crippen LogP contribution in [0.4, 0.5) is 5.69 Å². The van der Waals surface area contributed by atoms with E-state index in [0.717, 1.165) is 5.69 Å². The van der Waals surface area contributed by atoms with Crippen LogP contribution in [0.1, 0.15) is 26.7 Å². The molecule has 0 aromatic heterocycles. The molecule has 116 valence electrons. The molecule has 0 amide bonds. The molecule has 0 aliphatic carbocycles. The van der Waals surface area contributed by atoms with Crippen LogP contribution in [0.15, 0.2) is 30.3 Å². The van der Waals surface area contributed by atoms with Gasteiger partial charge in [-0.1, -0.05) is 32.0 Å². The van der Waals surface area contributed by atoms with Gasteiger partial charge in [-0.05, 0) is 12.1 Å². The molecule has 0 atom stereocenters. The summed E-state index contributed by atoms with van der Waals surface area (Å²) in [6.45, 7) is 5.31. The lowest BCUT2D eigenvalue weighted by Crippen LogP contribution is -2.32. The number of esters is 2. The fourth-order valence-corrected chi connectivity index (χ4v) is 1.75. The van der Waals surface area contributed by atoms with E-state index in [2.05, 4.69) is 0 Å². The fraction of sp³-hybridized carbons (Fsp3) is 0.500. The van der Waals surface area contributed by atoms with Crippen LogP contribution < -0.4 is 4.90 Å². The van der Waals surface area contributed by atoms with Gasteiger partial charge in [0.1, 0.15) is 13.2 Å². The van der Waals surface area contributed by atoms with Gasteiger partial charge in [0.25, 0.3) is 0 Å². The van der Waals surface area contributed by atoms with E-state index in [-0.39, 0.29) is 11.9 Å². The Morgan fingerprint density at radius 3 is 1.81 bits per heavy atom. The highest BCUT2D eigenvalue weighted by Crippen LogP contribution is 2.12. The van der Waals surface area contributed by atoms with Crippen molar-refractivity contribution in [2.75, 3.05) is 31.2 Å². The molecular formula is C16H23NO4. The van der Waals surface area contributed by atoms with Crippen LogP contribution in [0, 0.1) is 0 Å². The minimum Gasteiger partial charge on any atom is -0.464 e. The zero-order chi connectivity index (χ0) is 15.5. The van der Waals surface area contributed by atoms with Gasteiger partial charge in [0.2, 0.25) is 0 Å². The lowest BCUT2D eigenvalue weighted by molar-refractivity contribution is -0.143. The first-order chi connectivity index (χ1) is 10.2.